The first kappa shape index (κ1) is 25.1. The number of aromatic nitrogens is 4. The second-order valence-corrected chi connectivity index (χ2v) is 8.91. The molecule has 0 unspecified atom stereocenters. The maximum Gasteiger partial charge on any atom is 0.333 e. The molecular formula is C27H30FN5O3. The number of anilines is 1. The number of nitrogens with one attached hydrogen (secondary N) is 2. The smallest absolute Gasteiger partial charge is 0.333 e. The lowest BCUT2D eigenvalue weighted by Crippen LogP contribution is -2.40. The number of halogens is 1. The van der Waals surface area contributed by atoms with Gasteiger partial charge in [0, 0.05) is 31.1 Å². The number of aryl methyl sites for hydroxylation is 1. The molecule has 188 valence electrons. The lowest BCUT2D eigenvalue weighted by atomic mass is 10.1. The van der Waals surface area contributed by atoms with Gasteiger partial charge in [0.05, 0.1) is 6.54 Å². The molecule has 1 amide bonds. The van der Waals surface area contributed by atoms with Crippen LogP contribution in [0.4, 0.5) is 10.1 Å². The van der Waals surface area contributed by atoms with Crippen LogP contribution < -0.4 is 16.6 Å². The molecule has 2 aromatic carbocycles. The minimum Gasteiger partial charge on any atom is -0.336 e. The Hall–Kier alpha value is -4.01. The van der Waals surface area contributed by atoms with Gasteiger partial charge in [-0.3, -0.25) is 18.7 Å². The second kappa shape index (κ2) is 11.2. The van der Waals surface area contributed by atoms with Crippen LogP contribution in [0.1, 0.15) is 56.5 Å². The Morgan fingerprint density at radius 1 is 1.03 bits per heavy atom. The number of imidazole rings is 1. The summed E-state index contributed by atoms with van der Waals surface area (Å²) in [5.74, 6) is -0.0743. The highest BCUT2D eigenvalue weighted by Gasteiger charge is 2.18. The van der Waals surface area contributed by atoms with Crippen molar-refractivity contribution < 1.29 is 9.18 Å². The van der Waals surface area contributed by atoms with Gasteiger partial charge in [-0.05, 0) is 30.2 Å². The standard InChI is InChI=1S/C27H30FN5O3/c1-3-4-5-8-15-32-25-24(26(35)33(27(32)36)17-20-9-6-7-10-22(20)28)30-23(31-25)16-19-11-13-21(14-12-19)29-18(2)34/h6-7,9-14H,3-5,8,15-17H2,1-2H3,(H,29,34)(H,30,31). The lowest BCUT2D eigenvalue weighted by Gasteiger charge is -2.11. The number of carbonyl (C=O) groups excluding carboxylic acids is 1. The largest absolute Gasteiger partial charge is 0.336 e. The molecule has 2 aromatic heterocycles. The van der Waals surface area contributed by atoms with Crippen molar-refractivity contribution >= 4 is 22.8 Å². The van der Waals surface area contributed by atoms with E-state index in [1.54, 1.807) is 30.3 Å². The molecule has 0 spiro atoms. The second-order valence-electron chi connectivity index (χ2n) is 8.91. The highest BCUT2D eigenvalue weighted by Crippen LogP contribution is 2.15. The maximum absolute atomic E-state index is 14.3. The van der Waals surface area contributed by atoms with E-state index >= 15 is 0 Å². The summed E-state index contributed by atoms with van der Waals surface area (Å²) in [4.78, 5) is 45.7. The minimum atomic E-state index is -0.525. The summed E-state index contributed by atoms with van der Waals surface area (Å²) in [7, 11) is 0. The summed E-state index contributed by atoms with van der Waals surface area (Å²) in [5.41, 5.74) is 1.40. The van der Waals surface area contributed by atoms with Gasteiger partial charge in [0.25, 0.3) is 5.56 Å². The number of nitrogens with zero attached hydrogens (tertiary/aromatic N) is 3. The Balaban J connectivity index is 1.72. The number of unbranched alkanes of at least 4 members (excludes halogenated alkanes) is 3. The predicted molar refractivity (Wildman–Crippen MR) is 138 cm³/mol. The van der Waals surface area contributed by atoms with Gasteiger partial charge in [-0.1, -0.05) is 56.5 Å². The number of fused-ring (bicyclic) bond motifs is 1. The van der Waals surface area contributed by atoms with Gasteiger partial charge in [-0.25, -0.2) is 14.2 Å². The van der Waals surface area contributed by atoms with Crippen LogP contribution in [0.25, 0.3) is 11.2 Å². The Morgan fingerprint density at radius 2 is 1.78 bits per heavy atom. The summed E-state index contributed by atoms with van der Waals surface area (Å²) in [5, 5.41) is 2.73. The van der Waals surface area contributed by atoms with E-state index in [2.05, 4.69) is 22.2 Å². The van der Waals surface area contributed by atoms with Crippen molar-refractivity contribution in [2.75, 3.05) is 5.32 Å². The average molecular weight is 492 g/mol. The van der Waals surface area contributed by atoms with Crippen molar-refractivity contribution in [2.24, 2.45) is 0 Å². The molecule has 0 bridgehead atoms. The van der Waals surface area contributed by atoms with Crippen LogP contribution in [-0.4, -0.2) is 25.0 Å². The number of hydrogen-bond acceptors (Lipinski definition) is 4. The van der Waals surface area contributed by atoms with Gasteiger partial charge in [0.1, 0.15) is 17.2 Å². The van der Waals surface area contributed by atoms with Crippen LogP contribution in [0.3, 0.4) is 0 Å². The molecule has 4 rings (SSSR count). The molecule has 0 atom stereocenters. The fraction of sp³-hybridized carbons (Fsp3) is 0.333. The SMILES string of the molecule is CCCCCCn1c(=O)n(Cc2ccccc2F)c(=O)c2[nH]c(Cc3ccc(NC(C)=O)cc3)nc21. The first-order chi connectivity index (χ1) is 17.4. The van der Waals surface area contributed by atoms with Crippen LogP contribution in [0.2, 0.25) is 0 Å². The first-order valence-corrected chi connectivity index (χ1v) is 12.2. The average Bonchev–Trinajstić information content (AvgIpc) is 3.27. The van der Waals surface area contributed by atoms with E-state index in [0.717, 1.165) is 35.8 Å². The zero-order chi connectivity index (χ0) is 25.7. The molecule has 0 aliphatic carbocycles. The van der Waals surface area contributed by atoms with Crippen molar-refractivity contribution in [1.82, 2.24) is 19.1 Å². The zero-order valence-electron chi connectivity index (χ0n) is 20.5. The first-order valence-electron chi connectivity index (χ1n) is 12.2. The fourth-order valence-electron chi connectivity index (χ4n) is 4.24. The minimum absolute atomic E-state index is 0.149. The number of H-pyrrole nitrogens is 1. The molecule has 9 heteroatoms. The molecule has 8 nitrogen and oxygen atoms in total. The number of aromatic amines is 1. The molecule has 0 saturated heterocycles. The monoisotopic (exact) mass is 491 g/mol. The van der Waals surface area contributed by atoms with E-state index < -0.39 is 17.1 Å². The summed E-state index contributed by atoms with van der Waals surface area (Å²) in [6.45, 7) is 3.82. The Labute approximate surface area is 207 Å². The molecule has 36 heavy (non-hydrogen) atoms. The van der Waals surface area contributed by atoms with E-state index in [0.29, 0.717) is 30.1 Å². The van der Waals surface area contributed by atoms with Crippen LogP contribution in [0.15, 0.2) is 58.1 Å². The Kier molecular flexibility index (Phi) is 7.77. The Morgan fingerprint density at radius 3 is 2.47 bits per heavy atom. The molecule has 0 radical (unpaired) electrons. The highest BCUT2D eigenvalue weighted by molar-refractivity contribution is 5.88. The van der Waals surface area contributed by atoms with Crippen molar-refractivity contribution in [3.8, 4) is 0 Å². The Bertz CT molecular complexity index is 1480. The van der Waals surface area contributed by atoms with E-state index in [1.165, 1.54) is 17.6 Å². The number of benzene rings is 2. The summed E-state index contributed by atoms with van der Waals surface area (Å²) in [6.07, 6.45) is 4.24. The van der Waals surface area contributed by atoms with Crippen molar-refractivity contribution in [3.63, 3.8) is 0 Å². The quantitative estimate of drug-likeness (QED) is 0.325. The van der Waals surface area contributed by atoms with Crippen LogP contribution in [0.5, 0.6) is 0 Å². The fourth-order valence-corrected chi connectivity index (χ4v) is 4.24. The van der Waals surface area contributed by atoms with Gasteiger partial charge >= 0.3 is 5.69 Å². The van der Waals surface area contributed by atoms with Gasteiger partial charge in [-0.15, -0.1) is 0 Å². The number of carbonyl (C=O) groups is 1. The van der Waals surface area contributed by atoms with Crippen molar-refractivity contribution in [2.45, 2.75) is 59.0 Å². The van der Waals surface area contributed by atoms with Gasteiger partial charge in [0.15, 0.2) is 5.65 Å². The molecule has 0 aliphatic rings. The highest BCUT2D eigenvalue weighted by atomic mass is 19.1. The molecule has 0 aliphatic heterocycles. The topological polar surface area (TPSA) is 102 Å². The lowest BCUT2D eigenvalue weighted by molar-refractivity contribution is -0.114. The molecule has 0 saturated carbocycles. The molecule has 4 aromatic rings. The van der Waals surface area contributed by atoms with Crippen molar-refractivity contribution in [3.05, 3.63) is 92.1 Å². The van der Waals surface area contributed by atoms with Gasteiger partial charge < -0.3 is 10.3 Å². The third-order valence-electron chi connectivity index (χ3n) is 6.08. The van der Waals surface area contributed by atoms with Crippen LogP contribution in [0, 0.1) is 5.82 Å². The molecule has 0 fully saturated rings. The maximum atomic E-state index is 14.3. The molecule has 2 N–H and O–H groups in total. The van der Waals surface area contributed by atoms with Gasteiger partial charge in [-0.2, -0.15) is 0 Å². The van der Waals surface area contributed by atoms with Crippen molar-refractivity contribution in [1.29, 1.82) is 0 Å². The summed E-state index contributed by atoms with van der Waals surface area (Å²) < 4.78 is 16.9. The van der Waals surface area contributed by atoms with Crippen LogP contribution in [-0.2, 0) is 24.3 Å². The van der Waals surface area contributed by atoms with Crippen LogP contribution >= 0.6 is 0 Å². The third-order valence-corrected chi connectivity index (χ3v) is 6.08. The van der Waals surface area contributed by atoms with E-state index in [9.17, 15) is 18.8 Å². The summed E-state index contributed by atoms with van der Waals surface area (Å²) in [6, 6.07) is 13.5. The zero-order valence-corrected chi connectivity index (χ0v) is 20.5. The summed E-state index contributed by atoms with van der Waals surface area (Å²) >= 11 is 0. The van der Waals surface area contributed by atoms with Gasteiger partial charge in [0.2, 0.25) is 5.91 Å². The van der Waals surface area contributed by atoms with E-state index in [4.69, 9.17) is 0 Å². The number of rotatable bonds is 10. The number of hydrogen-bond donors (Lipinski definition) is 2. The van der Waals surface area contributed by atoms with E-state index in [-0.39, 0.29) is 23.5 Å². The third kappa shape index (κ3) is 5.62. The number of amides is 1. The predicted octanol–water partition coefficient (Wildman–Crippen LogP) is 4.20. The molecule has 2 heterocycles. The van der Waals surface area contributed by atoms with E-state index in [1.807, 2.05) is 12.1 Å². The normalized spacial score (nSPS) is 11.2. The molecular weight excluding hydrogens is 461 g/mol.